The van der Waals surface area contributed by atoms with Gasteiger partial charge >= 0.3 is 0 Å². The van der Waals surface area contributed by atoms with Crippen molar-refractivity contribution in [1.29, 1.82) is 0 Å². The number of carbonyl (C=O) groups excluding carboxylic acids is 1. The Bertz CT molecular complexity index is 1370. The molecule has 0 aliphatic rings. The molecule has 0 spiro atoms. The first-order chi connectivity index (χ1) is 15.2. The van der Waals surface area contributed by atoms with Crippen molar-refractivity contribution in [2.45, 2.75) is 6.54 Å². The van der Waals surface area contributed by atoms with E-state index in [0.29, 0.717) is 35.4 Å². The maximum absolute atomic E-state index is 12.9. The van der Waals surface area contributed by atoms with Gasteiger partial charge in [-0.1, -0.05) is 18.2 Å². The lowest BCUT2D eigenvalue weighted by Gasteiger charge is -2.09. The van der Waals surface area contributed by atoms with Crippen LogP contribution in [0.4, 0.5) is 5.69 Å². The molecule has 0 atom stereocenters. The number of nitrogens with one attached hydrogen (secondary N) is 2. The number of carbonyl (C=O) groups is 1. The van der Waals surface area contributed by atoms with E-state index < -0.39 is 0 Å². The second kappa shape index (κ2) is 8.26. The summed E-state index contributed by atoms with van der Waals surface area (Å²) in [4.78, 5) is 18.5. The zero-order chi connectivity index (χ0) is 21.2. The topological polar surface area (TPSA) is 123 Å². The third-order valence-corrected chi connectivity index (χ3v) is 5.77. The van der Waals surface area contributed by atoms with Crippen molar-refractivity contribution in [2.24, 2.45) is 5.73 Å². The Balaban J connectivity index is 1.43. The van der Waals surface area contributed by atoms with E-state index >= 15 is 0 Å². The Morgan fingerprint density at radius 2 is 2.03 bits per heavy atom. The first-order valence-electron chi connectivity index (χ1n) is 9.72. The zero-order valence-corrected chi connectivity index (χ0v) is 17.2. The van der Waals surface area contributed by atoms with Gasteiger partial charge in [0.1, 0.15) is 11.0 Å². The molecule has 3 aromatic heterocycles. The molecule has 31 heavy (non-hydrogen) atoms. The molecule has 9 nitrogen and oxygen atoms in total. The number of aromatic nitrogens is 4. The molecule has 0 saturated carbocycles. The monoisotopic (exact) mass is 433 g/mol. The lowest BCUT2D eigenvalue weighted by atomic mass is 10.1. The molecule has 0 radical (unpaired) electrons. The molecule has 5 aromatic rings. The number of rotatable bonds is 7. The van der Waals surface area contributed by atoms with Gasteiger partial charge in [-0.25, -0.2) is 9.61 Å². The molecule has 0 aliphatic heterocycles. The van der Waals surface area contributed by atoms with E-state index in [1.807, 2.05) is 30.5 Å². The smallest absolute Gasteiger partial charge is 0.255 e. The van der Waals surface area contributed by atoms with Crippen LogP contribution < -0.4 is 16.4 Å². The Kier molecular flexibility index (Phi) is 5.16. The second-order valence-corrected chi connectivity index (χ2v) is 7.78. The minimum atomic E-state index is -0.245. The summed E-state index contributed by atoms with van der Waals surface area (Å²) in [6.07, 6.45) is 1.99. The highest BCUT2D eigenvalue weighted by Crippen LogP contribution is 2.30. The molecule has 0 aliphatic carbocycles. The molecule has 2 aromatic carbocycles. The highest BCUT2D eigenvalue weighted by atomic mass is 32.1. The summed E-state index contributed by atoms with van der Waals surface area (Å²) in [6, 6.07) is 12.7. The molecule has 10 heteroatoms. The van der Waals surface area contributed by atoms with Gasteiger partial charge in [-0.3, -0.25) is 9.20 Å². The average Bonchev–Trinajstić information content (AvgIpc) is 3.50. The van der Waals surface area contributed by atoms with Gasteiger partial charge in [0, 0.05) is 48.0 Å². The van der Waals surface area contributed by atoms with Crippen LogP contribution in [0.5, 0.6) is 0 Å². The first-order valence-corrected chi connectivity index (χ1v) is 10.6. The number of thiazole rings is 1. The van der Waals surface area contributed by atoms with Crippen LogP contribution in [0.1, 0.15) is 16.1 Å². The summed E-state index contributed by atoms with van der Waals surface area (Å²) in [7, 11) is 0. The van der Waals surface area contributed by atoms with Gasteiger partial charge in [0.05, 0.1) is 11.4 Å². The van der Waals surface area contributed by atoms with Crippen molar-refractivity contribution < 1.29 is 9.42 Å². The molecular weight excluding hydrogens is 414 g/mol. The van der Waals surface area contributed by atoms with Gasteiger partial charge in [0.25, 0.3) is 5.91 Å². The predicted octanol–water partition coefficient (Wildman–Crippen LogP) is 2.90. The predicted molar refractivity (Wildman–Crippen MR) is 119 cm³/mol. The van der Waals surface area contributed by atoms with Crippen LogP contribution in [0.3, 0.4) is 0 Å². The number of anilines is 1. The van der Waals surface area contributed by atoms with Gasteiger partial charge < -0.3 is 16.4 Å². The summed E-state index contributed by atoms with van der Waals surface area (Å²) in [5.74, 6) is -0.245. The lowest BCUT2D eigenvalue weighted by Crippen LogP contribution is -2.22. The quantitative estimate of drug-likeness (QED) is 0.337. The summed E-state index contributed by atoms with van der Waals surface area (Å²) < 4.78 is 6.77. The highest BCUT2D eigenvalue weighted by molar-refractivity contribution is 7.15. The molecular formula is C21H19N7O2S. The summed E-state index contributed by atoms with van der Waals surface area (Å²) >= 11 is 1.58. The summed E-state index contributed by atoms with van der Waals surface area (Å²) in [5, 5.41) is 15.9. The fraction of sp³-hybridized carbons (Fsp3) is 0.143. The summed E-state index contributed by atoms with van der Waals surface area (Å²) in [5.41, 5.74) is 10.6. The van der Waals surface area contributed by atoms with Crippen molar-refractivity contribution in [3.8, 4) is 11.3 Å². The van der Waals surface area contributed by atoms with Crippen LogP contribution in [-0.2, 0) is 6.54 Å². The third kappa shape index (κ3) is 3.79. The minimum absolute atomic E-state index is 0.245. The molecule has 0 saturated heterocycles. The van der Waals surface area contributed by atoms with Gasteiger partial charge in [-0.15, -0.1) is 11.3 Å². The number of amides is 1. The van der Waals surface area contributed by atoms with E-state index in [1.54, 1.807) is 29.5 Å². The standard InChI is InChI=1S/C21H19N7O2S/c22-7-8-23-10-14-12-31-21-25-19(11-28(14)21)15-3-1-2-4-16(15)24-20(29)13-5-6-17-18(9-13)27-30-26-17/h1-6,9,11-12,23H,7-8,10,22H2,(H,24,29). The van der Waals surface area contributed by atoms with E-state index in [9.17, 15) is 4.79 Å². The van der Waals surface area contributed by atoms with Gasteiger partial charge in [-0.05, 0) is 34.6 Å². The summed E-state index contributed by atoms with van der Waals surface area (Å²) in [6.45, 7) is 2.06. The third-order valence-electron chi connectivity index (χ3n) is 4.88. The SMILES string of the molecule is NCCNCc1csc2nc(-c3ccccc3NC(=O)c3ccc4nonc4c3)cn12. The number of hydrogen-bond donors (Lipinski definition) is 3. The van der Waals surface area contributed by atoms with Crippen LogP contribution in [0.25, 0.3) is 27.3 Å². The second-order valence-electron chi connectivity index (χ2n) is 6.94. The van der Waals surface area contributed by atoms with Crippen molar-refractivity contribution in [3.05, 3.63) is 65.3 Å². The Labute approximate surface area is 180 Å². The van der Waals surface area contributed by atoms with E-state index in [0.717, 1.165) is 28.5 Å². The van der Waals surface area contributed by atoms with E-state index in [-0.39, 0.29) is 5.91 Å². The van der Waals surface area contributed by atoms with Crippen LogP contribution in [-0.4, -0.2) is 38.7 Å². The van der Waals surface area contributed by atoms with Gasteiger partial charge in [0.15, 0.2) is 4.96 Å². The van der Waals surface area contributed by atoms with Crippen molar-refractivity contribution in [3.63, 3.8) is 0 Å². The molecule has 3 heterocycles. The van der Waals surface area contributed by atoms with E-state index in [4.69, 9.17) is 15.3 Å². The van der Waals surface area contributed by atoms with Gasteiger partial charge in [0.2, 0.25) is 0 Å². The molecule has 0 fully saturated rings. The maximum atomic E-state index is 12.9. The van der Waals surface area contributed by atoms with Crippen LogP contribution >= 0.6 is 11.3 Å². The molecule has 5 rings (SSSR count). The normalized spacial score (nSPS) is 11.4. The Morgan fingerprint density at radius 3 is 2.94 bits per heavy atom. The molecule has 4 N–H and O–H groups in total. The number of para-hydroxylation sites is 1. The maximum Gasteiger partial charge on any atom is 0.255 e. The van der Waals surface area contributed by atoms with Gasteiger partial charge in [-0.2, -0.15) is 0 Å². The van der Waals surface area contributed by atoms with E-state index in [2.05, 4.69) is 30.7 Å². The number of benzene rings is 2. The molecule has 1 amide bonds. The van der Waals surface area contributed by atoms with E-state index in [1.165, 1.54) is 0 Å². The van der Waals surface area contributed by atoms with Crippen molar-refractivity contribution >= 4 is 38.9 Å². The number of nitrogens with zero attached hydrogens (tertiary/aromatic N) is 4. The zero-order valence-electron chi connectivity index (χ0n) is 16.4. The number of fused-ring (bicyclic) bond motifs is 2. The highest BCUT2D eigenvalue weighted by Gasteiger charge is 2.15. The average molecular weight is 433 g/mol. The van der Waals surface area contributed by atoms with Crippen LogP contribution in [0.2, 0.25) is 0 Å². The Hall–Kier alpha value is -3.60. The number of imidazole rings is 1. The largest absolute Gasteiger partial charge is 0.329 e. The fourth-order valence-corrected chi connectivity index (χ4v) is 4.21. The first kappa shape index (κ1) is 19.4. The molecule has 0 unspecified atom stereocenters. The molecule has 156 valence electrons. The lowest BCUT2D eigenvalue weighted by molar-refractivity contribution is 0.102. The van der Waals surface area contributed by atoms with Crippen LogP contribution in [0, 0.1) is 0 Å². The fourth-order valence-electron chi connectivity index (χ4n) is 3.34. The Morgan fingerprint density at radius 1 is 1.16 bits per heavy atom. The number of hydrogen-bond acceptors (Lipinski definition) is 8. The van der Waals surface area contributed by atoms with Crippen molar-refractivity contribution in [1.82, 2.24) is 25.0 Å². The van der Waals surface area contributed by atoms with Crippen LogP contribution in [0.15, 0.2) is 58.7 Å². The minimum Gasteiger partial charge on any atom is -0.329 e. The molecule has 0 bridgehead atoms. The van der Waals surface area contributed by atoms with Crippen molar-refractivity contribution in [2.75, 3.05) is 18.4 Å². The number of nitrogens with two attached hydrogens (primary N) is 1.